The summed E-state index contributed by atoms with van der Waals surface area (Å²) in [6, 6.07) is 8.05. The van der Waals surface area contributed by atoms with Crippen LogP contribution in [0.3, 0.4) is 0 Å². The Labute approximate surface area is 162 Å². The van der Waals surface area contributed by atoms with Gasteiger partial charge in [-0.2, -0.15) is 5.10 Å². The predicted molar refractivity (Wildman–Crippen MR) is 105 cm³/mol. The number of carbonyl (C=O) groups excluding carboxylic acids is 1. The molecule has 7 nitrogen and oxygen atoms in total. The van der Waals surface area contributed by atoms with Crippen LogP contribution in [0, 0.1) is 0 Å². The smallest absolute Gasteiger partial charge is 0.327 e. The molecule has 0 saturated carbocycles. The van der Waals surface area contributed by atoms with Crippen LogP contribution in [0.25, 0.3) is 11.0 Å². The summed E-state index contributed by atoms with van der Waals surface area (Å²) in [6.07, 6.45) is 3.17. The summed E-state index contributed by atoms with van der Waals surface area (Å²) in [6.45, 7) is 4.33. The molecule has 8 heteroatoms. The van der Waals surface area contributed by atoms with Crippen molar-refractivity contribution in [3.63, 3.8) is 0 Å². The SMILES string of the molecule is COC(=O)Cn1ncc2c(N(C)[C@H](C)[C@H](C)c3ccc(Cl)cc3)ncnc21. The highest BCUT2D eigenvalue weighted by Gasteiger charge is 2.23. The molecule has 0 spiro atoms. The van der Waals surface area contributed by atoms with Gasteiger partial charge < -0.3 is 9.64 Å². The molecule has 3 aromatic rings. The molecule has 0 aliphatic heterocycles. The summed E-state index contributed by atoms with van der Waals surface area (Å²) >= 11 is 6.00. The van der Waals surface area contributed by atoms with E-state index in [0.29, 0.717) is 5.65 Å². The van der Waals surface area contributed by atoms with Gasteiger partial charge >= 0.3 is 5.97 Å². The number of hydrogen-bond donors (Lipinski definition) is 0. The second-order valence-electron chi connectivity index (χ2n) is 6.50. The van der Waals surface area contributed by atoms with Crippen LogP contribution in [0.2, 0.25) is 5.02 Å². The standard InChI is InChI=1S/C19H22ClN5O2/c1-12(14-5-7-15(20)8-6-14)13(2)24(3)18-16-9-23-25(10-17(26)27-4)19(16)22-11-21-18/h5-9,11-13H,10H2,1-4H3/t12-,13+/m0/s1. The monoisotopic (exact) mass is 387 g/mol. The number of nitrogens with zero attached hydrogens (tertiary/aromatic N) is 5. The number of anilines is 1. The average molecular weight is 388 g/mol. The molecule has 0 bridgehead atoms. The van der Waals surface area contributed by atoms with Crippen molar-refractivity contribution in [2.45, 2.75) is 32.4 Å². The van der Waals surface area contributed by atoms with E-state index in [4.69, 9.17) is 16.3 Å². The Hall–Kier alpha value is -2.67. The van der Waals surface area contributed by atoms with Crippen molar-refractivity contribution in [1.29, 1.82) is 0 Å². The first-order valence-corrected chi connectivity index (χ1v) is 9.01. The summed E-state index contributed by atoms with van der Waals surface area (Å²) in [5.41, 5.74) is 1.80. The normalized spacial score (nSPS) is 13.4. The van der Waals surface area contributed by atoms with Gasteiger partial charge in [-0.25, -0.2) is 14.6 Å². The molecule has 0 radical (unpaired) electrons. The molecule has 2 aromatic heterocycles. The number of halogens is 1. The van der Waals surface area contributed by atoms with E-state index in [1.54, 1.807) is 6.20 Å². The lowest BCUT2D eigenvalue weighted by Crippen LogP contribution is -2.34. The maximum atomic E-state index is 11.6. The summed E-state index contributed by atoms with van der Waals surface area (Å²) in [5.74, 6) is 0.644. The number of fused-ring (bicyclic) bond motifs is 1. The van der Waals surface area contributed by atoms with Crippen molar-refractivity contribution in [2.24, 2.45) is 0 Å². The minimum atomic E-state index is -0.377. The minimum Gasteiger partial charge on any atom is -0.468 e. The first-order chi connectivity index (χ1) is 12.9. The molecule has 3 rings (SSSR count). The summed E-state index contributed by atoms with van der Waals surface area (Å²) in [4.78, 5) is 22.4. The molecule has 1 aromatic carbocycles. The molecular formula is C19H22ClN5O2. The van der Waals surface area contributed by atoms with Crippen LogP contribution in [0.4, 0.5) is 5.82 Å². The number of ether oxygens (including phenoxy) is 1. The van der Waals surface area contributed by atoms with Crippen molar-refractivity contribution in [3.05, 3.63) is 47.4 Å². The van der Waals surface area contributed by atoms with E-state index < -0.39 is 0 Å². The van der Waals surface area contributed by atoms with Gasteiger partial charge in [-0.1, -0.05) is 30.7 Å². The van der Waals surface area contributed by atoms with Gasteiger partial charge in [0.05, 0.1) is 18.7 Å². The van der Waals surface area contributed by atoms with Crippen molar-refractivity contribution in [1.82, 2.24) is 19.7 Å². The Bertz CT molecular complexity index is 941. The third kappa shape index (κ3) is 3.88. The lowest BCUT2D eigenvalue weighted by atomic mass is 9.93. The molecule has 0 saturated heterocycles. The first kappa shape index (κ1) is 19.1. The number of esters is 1. The Morgan fingerprint density at radius 3 is 2.63 bits per heavy atom. The number of hydrogen-bond acceptors (Lipinski definition) is 6. The molecule has 27 heavy (non-hydrogen) atoms. The van der Waals surface area contributed by atoms with Gasteiger partial charge in [-0.15, -0.1) is 0 Å². The van der Waals surface area contributed by atoms with E-state index in [1.165, 1.54) is 23.7 Å². The van der Waals surface area contributed by atoms with E-state index in [0.717, 1.165) is 16.2 Å². The van der Waals surface area contributed by atoms with Gasteiger partial charge in [0.25, 0.3) is 0 Å². The Morgan fingerprint density at radius 1 is 1.26 bits per heavy atom. The van der Waals surface area contributed by atoms with Crippen LogP contribution < -0.4 is 4.90 Å². The number of carbonyl (C=O) groups is 1. The number of rotatable bonds is 6. The van der Waals surface area contributed by atoms with Gasteiger partial charge in [-0.05, 0) is 24.6 Å². The van der Waals surface area contributed by atoms with E-state index in [-0.39, 0.29) is 24.5 Å². The van der Waals surface area contributed by atoms with Gasteiger partial charge in [0.2, 0.25) is 0 Å². The third-order valence-electron chi connectivity index (χ3n) is 4.98. The maximum Gasteiger partial charge on any atom is 0.327 e. The average Bonchev–Trinajstić information content (AvgIpc) is 3.09. The van der Waals surface area contributed by atoms with Crippen molar-refractivity contribution < 1.29 is 9.53 Å². The number of benzene rings is 1. The molecule has 0 amide bonds. The highest BCUT2D eigenvalue weighted by molar-refractivity contribution is 6.30. The Kier molecular flexibility index (Phi) is 5.60. The summed E-state index contributed by atoms with van der Waals surface area (Å²) < 4.78 is 6.24. The lowest BCUT2D eigenvalue weighted by Gasteiger charge is -2.31. The first-order valence-electron chi connectivity index (χ1n) is 8.64. The van der Waals surface area contributed by atoms with Gasteiger partial charge in [-0.3, -0.25) is 4.79 Å². The van der Waals surface area contributed by atoms with E-state index in [9.17, 15) is 4.79 Å². The van der Waals surface area contributed by atoms with E-state index >= 15 is 0 Å². The molecule has 0 aliphatic rings. The van der Waals surface area contributed by atoms with Crippen molar-refractivity contribution in [3.8, 4) is 0 Å². The maximum absolute atomic E-state index is 11.6. The summed E-state index contributed by atoms with van der Waals surface area (Å²) in [5, 5.41) is 5.79. The quantitative estimate of drug-likeness (QED) is 0.604. The topological polar surface area (TPSA) is 73.1 Å². The summed E-state index contributed by atoms with van der Waals surface area (Å²) in [7, 11) is 3.35. The van der Waals surface area contributed by atoms with Crippen LogP contribution in [0.1, 0.15) is 25.3 Å². The molecule has 2 heterocycles. The van der Waals surface area contributed by atoms with Gasteiger partial charge in [0, 0.05) is 24.0 Å². The molecule has 0 aliphatic carbocycles. The highest BCUT2D eigenvalue weighted by Crippen LogP contribution is 2.29. The number of aromatic nitrogens is 4. The van der Waals surface area contributed by atoms with E-state index in [1.807, 2.05) is 31.3 Å². The molecule has 142 valence electrons. The van der Waals surface area contributed by atoms with Crippen LogP contribution in [-0.4, -0.2) is 45.9 Å². The molecule has 0 N–H and O–H groups in total. The zero-order valence-electron chi connectivity index (χ0n) is 15.8. The third-order valence-corrected chi connectivity index (χ3v) is 5.24. The van der Waals surface area contributed by atoms with E-state index in [2.05, 4.69) is 33.8 Å². The fourth-order valence-electron chi connectivity index (χ4n) is 3.04. The lowest BCUT2D eigenvalue weighted by molar-refractivity contribution is -0.141. The van der Waals surface area contributed by atoms with Crippen LogP contribution in [0.5, 0.6) is 0 Å². The van der Waals surface area contributed by atoms with Crippen LogP contribution in [0.15, 0.2) is 36.8 Å². The second kappa shape index (κ2) is 7.92. The van der Waals surface area contributed by atoms with Crippen LogP contribution in [-0.2, 0) is 16.1 Å². The fraction of sp³-hybridized carbons (Fsp3) is 0.368. The fourth-order valence-corrected chi connectivity index (χ4v) is 3.16. The zero-order valence-corrected chi connectivity index (χ0v) is 16.5. The molecule has 0 fully saturated rings. The highest BCUT2D eigenvalue weighted by atomic mass is 35.5. The van der Waals surface area contributed by atoms with Crippen LogP contribution >= 0.6 is 11.6 Å². The molecular weight excluding hydrogens is 366 g/mol. The molecule has 0 unspecified atom stereocenters. The second-order valence-corrected chi connectivity index (χ2v) is 6.94. The van der Waals surface area contributed by atoms with Crippen molar-refractivity contribution in [2.75, 3.05) is 19.1 Å². The van der Waals surface area contributed by atoms with Crippen molar-refractivity contribution >= 4 is 34.4 Å². The predicted octanol–water partition coefficient (Wildman–Crippen LogP) is 3.28. The Morgan fingerprint density at radius 2 is 1.96 bits per heavy atom. The number of methoxy groups -OCH3 is 1. The minimum absolute atomic E-state index is 0.0108. The zero-order chi connectivity index (χ0) is 19.6. The molecule has 2 atom stereocenters. The van der Waals surface area contributed by atoms with Gasteiger partial charge in [0.1, 0.15) is 18.7 Å². The number of likely N-dealkylation sites (N-methyl/N-ethyl adjacent to an activating group) is 1. The Balaban J connectivity index is 1.89. The largest absolute Gasteiger partial charge is 0.468 e. The van der Waals surface area contributed by atoms with Gasteiger partial charge in [0.15, 0.2) is 5.65 Å².